The maximum absolute atomic E-state index is 9.46. The summed E-state index contributed by atoms with van der Waals surface area (Å²) in [4.78, 5) is 1.31. The summed E-state index contributed by atoms with van der Waals surface area (Å²) in [5.41, 5.74) is -0.123. The van der Waals surface area contributed by atoms with E-state index in [0.717, 1.165) is 32.6 Å². The van der Waals surface area contributed by atoms with Crippen LogP contribution in [0.5, 0.6) is 0 Å². The highest BCUT2D eigenvalue weighted by Crippen LogP contribution is 2.21. The van der Waals surface area contributed by atoms with Crippen molar-refractivity contribution in [2.24, 2.45) is 0 Å². The number of nitrogens with one attached hydrogen (secondary N) is 1. The topological polar surface area (TPSA) is 41.5 Å². The van der Waals surface area contributed by atoms with Gasteiger partial charge in [0.2, 0.25) is 0 Å². The van der Waals surface area contributed by atoms with Crippen LogP contribution in [-0.4, -0.2) is 30.5 Å². The third kappa shape index (κ3) is 2.78. The molecule has 2 rings (SSSR count). The molecule has 0 spiro atoms. The molecule has 0 atom stereocenters. The Hall–Kier alpha value is -0.420. The molecule has 0 saturated carbocycles. The molecule has 0 radical (unpaired) electrons. The van der Waals surface area contributed by atoms with Gasteiger partial charge in [0.1, 0.15) is 0 Å². The minimum Gasteiger partial charge on any atom is -0.394 e. The maximum Gasteiger partial charge on any atom is 0.0615 e. The lowest BCUT2D eigenvalue weighted by Crippen LogP contribution is -2.51. The van der Waals surface area contributed by atoms with Gasteiger partial charge in [-0.1, -0.05) is 6.07 Å². The average molecular weight is 227 g/mol. The Morgan fingerprint density at radius 3 is 2.87 bits per heavy atom. The number of thiophene rings is 1. The first-order valence-electron chi connectivity index (χ1n) is 5.31. The summed E-state index contributed by atoms with van der Waals surface area (Å²) in [5.74, 6) is 0. The number of hydrogen-bond donors (Lipinski definition) is 2. The zero-order chi connectivity index (χ0) is 10.6. The fraction of sp³-hybridized carbons (Fsp3) is 0.636. The van der Waals surface area contributed by atoms with Crippen LogP contribution in [-0.2, 0) is 11.3 Å². The minimum atomic E-state index is -0.123. The van der Waals surface area contributed by atoms with E-state index in [0.29, 0.717) is 0 Å². The molecule has 0 aromatic carbocycles. The molecule has 4 heteroatoms. The highest BCUT2D eigenvalue weighted by atomic mass is 32.1. The summed E-state index contributed by atoms with van der Waals surface area (Å²) in [5, 5.41) is 15.0. The van der Waals surface area contributed by atoms with Gasteiger partial charge >= 0.3 is 0 Å². The van der Waals surface area contributed by atoms with Crippen LogP contribution < -0.4 is 5.32 Å². The van der Waals surface area contributed by atoms with E-state index in [1.807, 2.05) is 0 Å². The van der Waals surface area contributed by atoms with Crippen LogP contribution >= 0.6 is 11.3 Å². The van der Waals surface area contributed by atoms with Crippen molar-refractivity contribution in [2.75, 3.05) is 19.8 Å². The van der Waals surface area contributed by atoms with Gasteiger partial charge in [-0.2, -0.15) is 0 Å². The lowest BCUT2D eigenvalue weighted by Gasteiger charge is -2.36. The van der Waals surface area contributed by atoms with Crippen molar-refractivity contribution in [2.45, 2.75) is 24.9 Å². The van der Waals surface area contributed by atoms with Crippen molar-refractivity contribution in [3.05, 3.63) is 22.4 Å². The molecule has 2 N–H and O–H groups in total. The van der Waals surface area contributed by atoms with Crippen LogP contribution in [0.25, 0.3) is 0 Å². The van der Waals surface area contributed by atoms with Crippen molar-refractivity contribution in [1.82, 2.24) is 5.32 Å². The van der Waals surface area contributed by atoms with Gasteiger partial charge in [0.15, 0.2) is 0 Å². The second kappa shape index (κ2) is 5.07. The van der Waals surface area contributed by atoms with Crippen LogP contribution in [0, 0.1) is 0 Å². The quantitative estimate of drug-likeness (QED) is 0.816. The summed E-state index contributed by atoms with van der Waals surface area (Å²) in [6.07, 6.45) is 1.80. The molecule has 2 heterocycles. The Kier molecular flexibility index (Phi) is 3.75. The van der Waals surface area contributed by atoms with Gasteiger partial charge in [0.25, 0.3) is 0 Å². The fourth-order valence-corrected chi connectivity index (χ4v) is 2.49. The van der Waals surface area contributed by atoms with E-state index in [2.05, 4.69) is 22.8 Å². The molecule has 84 valence electrons. The maximum atomic E-state index is 9.46. The van der Waals surface area contributed by atoms with Gasteiger partial charge < -0.3 is 15.2 Å². The first kappa shape index (κ1) is 11.1. The second-order valence-electron chi connectivity index (χ2n) is 3.98. The van der Waals surface area contributed by atoms with Crippen LogP contribution in [0.1, 0.15) is 17.7 Å². The zero-order valence-electron chi connectivity index (χ0n) is 8.74. The van der Waals surface area contributed by atoms with E-state index >= 15 is 0 Å². The van der Waals surface area contributed by atoms with Crippen LogP contribution in [0.2, 0.25) is 0 Å². The zero-order valence-corrected chi connectivity index (χ0v) is 9.55. The molecule has 0 amide bonds. The summed E-state index contributed by atoms with van der Waals surface area (Å²) >= 11 is 1.75. The van der Waals surface area contributed by atoms with E-state index in [-0.39, 0.29) is 12.1 Å². The largest absolute Gasteiger partial charge is 0.394 e. The lowest BCUT2D eigenvalue weighted by atomic mass is 9.91. The Morgan fingerprint density at radius 1 is 1.47 bits per heavy atom. The summed E-state index contributed by atoms with van der Waals surface area (Å²) in [7, 11) is 0. The molecule has 0 bridgehead atoms. The predicted octanol–water partition coefficient (Wildman–Crippen LogP) is 1.38. The first-order chi connectivity index (χ1) is 7.35. The van der Waals surface area contributed by atoms with Crippen LogP contribution in [0.3, 0.4) is 0 Å². The molecule has 1 aliphatic heterocycles. The number of ether oxygens (including phenoxy) is 1. The normalized spacial score (nSPS) is 20.3. The molecule has 1 aromatic rings. The Balaban J connectivity index is 1.89. The molecule has 1 saturated heterocycles. The van der Waals surface area contributed by atoms with E-state index in [9.17, 15) is 5.11 Å². The van der Waals surface area contributed by atoms with Crippen molar-refractivity contribution >= 4 is 11.3 Å². The Bertz CT molecular complexity index is 281. The molecule has 0 aliphatic carbocycles. The molecule has 15 heavy (non-hydrogen) atoms. The number of aliphatic hydroxyl groups excluding tert-OH is 1. The molecule has 3 nitrogen and oxygen atoms in total. The highest BCUT2D eigenvalue weighted by molar-refractivity contribution is 7.09. The van der Waals surface area contributed by atoms with E-state index in [1.54, 1.807) is 11.3 Å². The number of aliphatic hydroxyl groups is 1. The smallest absolute Gasteiger partial charge is 0.0615 e. The summed E-state index contributed by atoms with van der Waals surface area (Å²) in [6, 6.07) is 4.17. The van der Waals surface area contributed by atoms with Gasteiger partial charge in [-0.15, -0.1) is 11.3 Å². The van der Waals surface area contributed by atoms with Crippen molar-refractivity contribution in [1.29, 1.82) is 0 Å². The van der Waals surface area contributed by atoms with E-state index < -0.39 is 0 Å². The van der Waals surface area contributed by atoms with Gasteiger partial charge in [-0.25, -0.2) is 0 Å². The van der Waals surface area contributed by atoms with Crippen LogP contribution in [0.4, 0.5) is 0 Å². The second-order valence-corrected chi connectivity index (χ2v) is 5.02. The number of rotatable bonds is 4. The average Bonchev–Trinajstić information content (AvgIpc) is 2.81. The van der Waals surface area contributed by atoms with Gasteiger partial charge in [0, 0.05) is 30.2 Å². The highest BCUT2D eigenvalue weighted by Gasteiger charge is 2.31. The van der Waals surface area contributed by atoms with E-state index in [1.165, 1.54) is 4.88 Å². The molecular formula is C11H17NO2S. The number of hydrogen-bond acceptors (Lipinski definition) is 4. The van der Waals surface area contributed by atoms with Gasteiger partial charge in [-0.05, 0) is 24.3 Å². The SMILES string of the molecule is OCC1(NCc2cccs2)CCOCC1. The molecule has 1 fully saturated rings. The van der Waals surface area contributed by atoms with Crippen molar-refractivity contribution < 1.29 is 9.84 Å². The molecule has 1 aromatic heterocycles. The summed E-state index contributed by atoms with van der Waals surface area (Å²) < 4.78 is 5.32. The third-order valence-electron chi connectivity index (χ3n) is 2.97. The molecular weight excluding hydrogens is 210 g/mol. The molecule has 1 aliphatic rings. The van der Waals surface area contributed by atoms with E-state index in [4.69, 9.17) is 4.74 Å². The standard InChI is InChI=1S/C11H17NO2S/c13-9-11(3-5-14-6-4-11)12-8-10-2-1-7-15-10/h1-2,7,12-13H,3-6,8-9H2. The minimum absolute atomic E-state index is 0.123. The van der Waals surface area contributed by atoms with Crippen LogP contribution in [0.15, 0.2) is 17.5 Å². The van der Waals surface area contributed by atoms with Gasteiger partial charge in [0.05, 0.1) is 6.61 Å². The summed E-state index contributed by atoms with van der Waals surface area (Å²) in [6.45, 7) is 2.54. The predicted molar refractivity (Wildman–Crippen MR) is 61.0 cm³/mol. The molecule has 0 unspecified atom stereocenters. The fourth-order valence-electron chi connectivity index (χ4n) is 1.84. The third-order valence-corrected chi connectivity index (χ3v) is 3.85. The van der Waals surface area contributed by atoms with Crippen molar-refractivity contribution in [3.8, 4) is 0 Å². The lowest BCUT2D eigenvalue weighted by molar-refractivity contribution is 0.0113. The first-order valence-corrected chi connectivity index (χ1v) is 6.19. The van der Waals surface area contributed by atoms with Crippen molar-refractivity contribution in [3.63, 3.8) is 0 Å². The van der Waals surface area contributed by atoms with Gasteiger partial charge in [-0.3, -0.25) is 0 Å². The Labute approximate surface area is 94.1 Å². The monoisotopic (exact) mass is 227 g/mol. The Morgan fingerprint density at radius 2 is 2.27 bits per heavy atom.